The first kappa shape index (κ1) is 18.2. The first-order valence-corrected chi connectivity index (χ1v) is 10.8. The summed E-state index contributed by atoms with van der Waals surface area (Å²) in [4.78, 5) is 28.3. The number of rotatable bonds is 4. The molecule has 2 bridgehead atoms. The largest absolute Gasteiger partial charge is 0.461 e. The summed E-state index contributed by atoms with van der Waals surface area (Å²) >= 11 is 0. The van der Waals surface area contributed by atoms with Crippen molar-refractivity contribution in [2.45, 2.75) is 63.1 Å². The molecular formula is C23H29NO4. The molecule has 4 heterocycles. The molecule has 6 rings (SSSR count). The van der Waals surface area contributed by atoms with Crippen LogP contribution >= 0.6 is 0 Å². The lowest BCUT2D eigenvalue weighted by Crippen LogP contribution is -2.52. The molecule has 2 atom stereocenters. The van der Waals surface area contributed by atoms with Crippen LogP contribution in [-0.4, -0.2) is 42.6 Å². The Morgan fingerprint density at radius 3 is 2.50 bits per heavy atom. The topological polar surface area (TPSA) is 55.8 Å². The molecule has 0 radical (unpaired) electrons. The Morgan fingerprint density at radius 1 is 1.14 bits per heavy atom. The average molecular weight is 383 g/mol. The van der Waals surface area contributed by atoms with Crippen LogP contribution in [0.2, 0.25) is 0 Å². The van der Waals surface area contributed by atoms with E-state index in [2.05, 4.69) is 4.90 Å². The van der Waals surface area contributed by atoms with E-state index in [0.717, 1.165) is 63.7 Å². The maximum atomic E-state index is 13.0. The van der Waals surface area contributed by atoms with Gasteiger partial charge >= 0.3 is 11.9 Å². The van der Waals surface area contributed by atoms with Gasteiger partial charge in [-0.15, -0.1) is 0 Å². The van der Waals surface area contributed by atoms with Crippen molar-refractivity contribution >= 4 is 11.9 Å². The van der Waals surface area contributed by atoms with Crippen molar-refractivity contribution in [2.24, 2.45) is 11.3 Å². The lowest BCUT2D eigenvalue weighted by Gasteiger charge is -2.44. The van der Waals surface area contributed by atoms with Gasteiger partial charge in [0.05, 0.1) is 11.8 Å². The molecule has 1 saturated carbocycles. The average Bonchev–Trinajstić information content (AvgIpc) is 3.29. The van der Waals surface area contributed by atoms with Gasteiger partial charge in [0, 0.05) is 13.0 Å². The number of ether oxygens (including phenoxy) is 2. The van der Waals surface area contributed by atoms with Crippen molar-refractivity contribution in [1.82, 2.24) is 4.90 Å². The second-order valence-electron chi connectivity index (χ2n) is 9.26. The molecule has 1 spiro atoms. The Hall–Kier alpha value is -1.88. The molecule has 28 heavy (non-hydrogen) atoms. The number of nitrogens with zero attached hydrogens (tertiary/aromatic N) is 1. The first-order chi connectivity index (χ1) is 13.6. The van der Waals surface area contributed by atoms with E-state index >= 15 is 0 Å². The summed E-state index contributed by atoms with van der Waals surface area (Å²) in [6.07, 6.45) is 6.78. The number of hydrogen-bond acceptors (Lipinski definition) is 5. The van der Waals surface area contributed by atoms with Gasteiger partial charge in [-0.05, 0) is 50.3 Å². The lowest BCUT2D eigenvalue weighted by molar-refractivity contribution is -0.168. The Bertz CT molecular complexity index is 749. The smallest absolute Gasteiger partial charge is 0.313 e. The molecule has 0 N–H and O–H groups in total. The number of carbonyl (C=O) groups excluding carboxylic acids is 2. The molecule has 4 saturated heterocycles. The highest BCUT2D eigenvalue weighted by molar-refractivity contribution is 5.82. The zero-order valence-corrected chi connectivity index (χ0v) is 16.4. The van der Waals surface area contributed by atoms with E-state index in [0.29, 0.717) is 12.3 Å². The van der Waals surface area contributed by atoms with Crippen molar-refractivity contribution in [3.8, 4) is 0 Å². The van der Waals surface area contributed by atoms with Gasteiger partial charge in [0.2, 0.25) is 0 Å². The van der Waals surface area contributed by atoms with Crippen LogP contribution in [0.3, 0.4) is 0 Å². The number of cyclic esters (lactones) is 1. The predicted octanol–water partition coefficient (Wildman–Crippen LogP) is 3.42. The summed E-state index contributed by atoms with van der Waals surface area (Å²) in [6.45, 7) is 3.08. The Morgan fingerprint density at radius 2 is 1.86 bits per heavy atom. The molecule has 1 aromatic carbocycles. The van der Waals surface area contributed by atoms with E-state index in [1.165, 1.54) is 0 Å². The highest BCUT2D eigenvalue weighted by Gasteiger charge is 2.59. The van der Waals surface area contributed by atoms with Crippen LogP contribution in [0.25, 0.3) is 0 Å². The van der Waals surface area contributed by atoms with Crippen LogP contribution in [0.1, 0.15) is 56.9 Å². The van der Waals surface area contributed by atoms with Gasteiger partial charge in [-0.2, -0.15) is 0 Å². The molecule has 2 unspecified atom stereocenters. The number of esters is 2. The maximum Gasteiger partial charge on any atom is 0.313 e. The van der Waals surface area contributed by atoms with Gasteiger partial charge in [0.15, 0.2) is 0 Å². The van der Waals surface area contributed by atoms with E-state index in [9.17, 15) is 9.59 Å². The van der Waals surface area contributed by atoms with Crippen molar-refractivity contribution in [1.29, 1.82) is 0 Å². The fourth-order valence-corrected chi connectivity index (χ4v) is 5.96. The predicted molar refractivity (Wildman–Crippen MR) is 103 cm³/mol. The molecule has 150 valence electrons. The quantitative estimate of drug-likeness (QED) is 0.746. The molecule has 5 aliphatic rings. The molecule has 0 amide bonds. The highest BCUT2D eigenvalue weighted by Crippen LogP contribution is 2.56. The second-order valence-corrected chi connectivity index (χ2v) is 9.26. The summed E-state index contributed by atoms with van der Waals surface area (Å²) in [5.41, 5.74) is -0.377. The fraction of sp³-hybridized carbons (Fsp3) is 0.652. The van der Waals surface area contributed by atoms with Crippen molar-refractivity contribution < 1.29 is 19.1 Å². The van der Waals surface area contributed by atoms with Gasteiger partial charge in [0.1, 0.15) is 11.7 Å². The molecule has 0 aromatic heterocycles. The molecule has 5 nitrogen and oxygen atoms in total. The Kier molecular flexibility index (Phi) is 4.46. The molecular weight excluding hydrogens is 354 g/mol. The van der Waals surface area contributed by atoms with Gasteiger partial charge in [-0.25, -0.2) is 0 Å². The molecule has 1 aliphatic carbocycles. The van der Waals surface area contributed by atoms with Crippen LogP contribution < -0.4 is 0 Å². The normalized spacial score (nSPS) is 35.9. The van der Waals surface area contributed by atoms with Crippen molar-refractivity contribution in [3.63, 3.8) is 0 Å². The number of fused-ring (bicyclic) bond motifs is 3. The zero-order chi connectivity index (χ0) is 19.2. The Balaban J connectivity index is 1.37. The van der Waals surface area contributed by atoms with Gasteiger partial charge in [-0.1, -0.05) is 43.2 Å². The maximum absolute atomic E-state index is 13.0. The molecule has 4 aliphatic heterocycles. The van der Waals surface area contributed by atoms with E-state index < -0.39 is 11.0 Å². The van der Waals surface area contributed by atoms with Crippen LogP contribution in [0, 0.1) is 11.3 Å². The second kappa shape index (κ2) is 6.87. The number of piperidine rings is 3. The SMILES string of the molecule is O=C(CC1(c2ccccc2)CC2(CCCC2)C(=O)O1)OC1CN2CCC1CC2. The lowest BCUT2D eigenvalue weighted by atomic mass is 9.75. The molecule has 5 fully saturated rings. The third kappa shape index (κ3) is 3.04. The summed E-state index contributed by atoms with van der Waals surface area (Å²) in [6, 6.07) is 9.79. The summed E-state index contributed by atoms with van der Waals surface area (Å²) < 4.78 is 12.0. The van der Waals surface area contributed by atoms with Gasteiger partial charge in [0.25, 0.3) is 0 Å². The van der Waals surface area contributed by atoms with E-state index in [-0.39, 0.29) is 24.5 Å². The number of carbonyl (C=O) groups is 2. The molecule has 5 heteroatoms. The monoisotopic (exact) mass is 383 g/mol. The summed E-state index contributed by atoms with van der Waals surface area (Å²) in [7, 11) is 0. The third-order valence-electron chi connectivity index (χ3n) is 7.51. The minimum Gasteiger partial charge on any atom is -0.461 e. The first-order valence-electron chi connectivity index (χ1n) is 10.8. The summed E-state index contributed by atoms with van der Waals surface area (Å²) in [5, 5.41) is 0. The van der Waals surface area contributed by atoms with Crippen molar-refractivity contribution in [2.75, 3.05) is 19.6 Å². The van der Waals surface area contributed by atoms with E-state index in [1.807, 2.05) is 30.3 Å². The van der Waals surface area contributed by atoms with E-state index in [1.54, 1.807) is 0 Å². The van der Waals surface area contributed by atoms with Crippen LogP contribution in [0.15, 0.2) is 30.3 Å². The van der Waals surface area contributed by atoms with Crippen LogP contribution in [0.4, 0.5) is 0 Å². The zero-order valence-electron chi connectivity index (χ0n) is 16.4. The van der Waals surface area contributed by atoms with Gasteiger partial charge in [-0.3, -0.25) is 14.5 Å². The fourth-order valence-electron chi connectivity index (χ4n) is 5.96. The Labute approximate surface area is 166 Å². The number of benzene rings is 1. The van der Waals surface area contributed by atoms with Crippen LogP contribution in [0.5, 0.6) is 0 Å². The minimum absolute atomic E-state index is 0.0135. The highest BCUT2D eigenvalue weighted by atomic mass is 16.6. The number of hydrogen-bond donors (Lipinski definition) is 0. The minimum atomic E-state index is -0.881. The summed E-state index contributed by atoms with van der Waals surface area (Å²) in [5.74, 6) is 0.129. The third-order valence-corrected chi connectivity index (χ3v) is 7.51. The molecule has 1 aromatic rings. The van der Waals surface area contributed by atoms with E-state index in [4.69, 9.17) is 9.47 Å². The van der Waals surface area contributed by atoms with Crippen molar-refractivity contribution in [3.05, 3.63) is 35.9 Å². The standard InChI is InChI=1S/C23H29NO4/c25-20(27-19-15-24-12-8-17(19)9-13-24)14-23(18-6-2-1-3-7-18)16-22(21(26)28-23)10-4-5-11-22/h1-3,6-7,17,19H,4-5,8-16H2. The van der Waals surface area contributed by atoms with Crippen LogP contribution in [-0.2, 0) is 24.7 Å². The van der Waals surface area contributed by atoms with Gasteiger partial charge < -0.3 is 9.47 Å².